The molecule has 2 heteroatoms. The van der Waals surface area contributed by atoms with Gasteiger partial charge in [-0.2, -0.15) is 0 Å². The van der Waals surface area contributed by atoms with E-state index in [2.05, 4.69) is 13.8 Å². The van der Waals surface area contributed by atoms with Crippen LogP contribution in [0.3, 0.4) is 0 Å². The highest BCUT2D eigenvalue weighted by molar-refractivity contribution is 6.08. The third kappa shape index (κ3) is 2.85. The zero-order valence-electron chi connectivity index (χ0n) is 11.5. The Morgan fingerprint density at radius 1 is 1.35 bits per heavy atom. The molecule has 1 aliphatic rings. The maximum Gasteiger partial charge on any atom is 0.166 e. The summed E-state index contributed by atoms with van der Waals surface area (Å²) in [4.78, 5) is 23.9. The number of ketones is 2. The molecule has 0 bridgehead atoms. The summed E-state index contributed by atoms with van der Waals surface area (Å²) < 4.78 is 0. The minimum atomic E-state index is -0.397. The molecule has 1 aliphatic carbocycles. The van der Waals surface area contributed by atoms with Crippen molar-refractivity contribution in [2.45, 2.75) is 59.8 Å². The molecule has 0 N–H and O–H groups in total. The van der Waals surface area contributed by atoms with Crippen molar-refractivity contribution in [3.8, 4) is 0 Å². The van der Waals surface area contributed by atoms with Crippen LogP contribution in [0.2, 0.25) is 0 Å². The summed E-state index contributed by atoms with van der Waals surface area (Å²) in [6, 6.07) is 0. The Morgan fingerprint density at radius 3 is 2.29 bits per heavy atom. The van der Waals surface area contributed by atoms with Gasteiger partial charge in [-0.05, 0) is 44.6 Å². The second-order valence-electron chi connectivity index (χ2n) is 5.48. The van der Waals surface area contributed by atoms with Crippen molar-refractivity contribution < 1.29 is 9.59 Å². The highest BCUT2D eigenvalue weighted by Crippen LogP contribution is 2.47. The fourth-order valence-electron chi connectivity index (χ4n) is 3.55. The van der Waals surface area contributed by atoms with Crippen LogP contribution < -0.4 is 0 Å². The first-order valence-corrected chi connectivity index (χ1v) is 6.68. The van der Waals surface area contributed by atoms with Gasteiger partial charge in [0.25, 0.3) is 0 Å². The molecule has 0 aromatic rings. The quantitative estimate of drug-likeness (QED) is 0.682. The first-order chi connectivity index (χ1) is 7.96. The lowest BCUT2D eigenvalue weighted by molar-refractivity contribution is -0.136. The van der Waals surface area contributed by atoms with Crippen LogP contribution in [0.5, 0.6) is 0 Å². The molecule has 1 unspecified atom stereocenters. The van der Waals surface area contributed by atoms with Gasteiger partial charge in [0.1, 0.15) is 5.78 Å². The van der Waals surface area contributed by atoms with Crippen molar-refractivity contribution in [3.05, 3.63) is 11.6 Å². The lowest BCUT2D eigenvalue weighted by Gasteiger charge is -2.41. The predicted octanol–water partition coefficient (Wildman–Crippen LogP) is 3.70. The molecule has 0 aromatic carbocycles. The SMILES string of the molecule is CCCC1(CCC)CC(C)=CC(=O)C1C(C)=O. The van der Waals surface area contributed by atoms with Crippen LogP contribution in [0.1, 0.15) is 59.8 Å². The molecule has 0 aromatic heterocycles. The van der Waals surface area contributed by atoms with Gasteiger partial charge in [-0.1, -0.05) is 32.3 Å². The van der Waals surface area contributed by atoms with Gasteiger partial charge in [0.15, 0.2) is 5.78 Å². The van der Waals surface area contributed by atoms with E-state index in [9.17, 15) is 9.59 Å². The van der Waals surface area contributed by atoms with Gasteiger partial charge in [0.05, 0.1) is 5.92 Å². The molecule has 96 valence electrons. The number of rotatable bonds is 5. The molecule has 0 saturated heterocycles. The van der Waals surface area contributed by atoms with E-state index in [-0.39, 0.29) is 17.0 Å². The number of Topliss-reactive ketones (excluding diaryl/α,β-unsaturated/α-hetero) is 1. The smallest absolute Gasteiger partial charge is 0.166 e. The van der Waals surface area contributed by atoms with E-state index in [4.69, 9.17) is 0 Å². The van der Waals surface area contributed by atoms with E-state index >= 15 is 0 Å². The first-order valence-electron chi connectivity index (χ1n) is 6.68. The third-order valence-corrected chi connectivity index (χ3v) is 3.82. The molecular weight excluding hydrogens is 212 g/mol. The van der Waals surface area contributed by atoms with Crippen molar-refractivity contribution >= 4 is 11.6 Å². The van der Waals surface area contributed by atoms with Crippen LogP contribution in [-0.4, -0.2) is 11.6 Å². The van der Waals surface area contributed by atoms with Crippen molar-refractivity contribution in [3.63, 3.8) is 0 Å². The summed E-state index contributed by atoms with van der Waals surface area (Å²) in [5.74, 6) is -0.324. The molecule has 17 heavy (non-hydrogen) atoms. The Balaban J connectivity index is 3.17. The molecule has 0 radical (unpaired) electrons. The van der Waals surface area contributed by atoms with Gasteiger partial charge >= 0.3 is 0 Å². The molecule has 1 atom stereocenters. The van der Waals surface area contributed by atoms with Gasteiger partial charge in [0, 0.05) is 0 Å². The third-order valence-electron chi connectivity index (χ3n) is 3.82. The number of allylic oxidation sites excluding steroid dienone is 2. The van der Waals surface area contributed by atoms with Gasteiger partial charge in [0.2, 0.25) is 0 Å². The monoisotopic (exact) mass is 236 g/mol. The Kier molecular flexibility index (Phi) is 4.67. The van der Waals surface area contributed by atoms with Crippen LogP contribution in [0.15, 0.2) is 11.6 Å². The molecule has 0 saturated carbocycles. The van der Waals surface area contributed by atoms with Crippen molar-refractivity contribution in [1.29, 1.82) is 0 Å². The average Bonchev–Trinajstić information content (AvgIpc) is 2.15. The lowest BCUT2D eigenvalue weighted by atomic mass is 9.60. The van der Waals surface area contributed by atoms with E-state index in [1.807, 2.05) is 6.92 Å². The summed E-state index contributed by atoms with van der Waals surface area (Å²) >= 11 is 0. The van der Waals surface area contributed by atoms with Crippen LogP contribution in [-0.2, 0) is 9.59 Å². The van der Waals surface area contributed by atoms with E-state index in [0.717, 1.165) is 37.7 Å². The fourth-order valence-corrected chi connectivity index (χ4v) is 3.55. The summed E-state index contributed by atoms with van der Waals surface area (Å²) in [7, 11) is 0. The van der Waals surface area contributed by atoms with Crippen LogP contribution in [0, 0.1) is 11.3 Å². The zero-order valence-corrected chi connectivity index (χ0v) is 11.5. The standard InChI is InChI=1S/C15H24O2/c1-5-7-15(8-6-2)10-11(3)9-13(17)14(15)12(4)16/h9,14H,5-8,10H2,1-4H3. The van der Waals surface area contributed by atoms with E-state index in [1.165, 1.54) is 0 Å². The van der Waals surface area contributed by atoms with Crippen molar-refractivity contribution in [2.24, 2.45) is 11.3 Å². The Hall–Kier alpha value is -0.920. The van der Waals surface area contributed by atoms with Crippen LogP contribution in [0.4, 0.5) is 0 Å². The Labute approximate surface area is 104 Å². The topological polar surface area (TPSA) is 34.1 Å². The molecule has 0 fully saturated rings. The predicted molar refractivity (Wildman–Crippen MR) is 69.8 cm³/mol. The van der Waals surface area contributed by atoms with E-state index in [1.54, 1.807) is 13.0 Å². The highest BCUT2D eigenvalue weighted by Gasteiger charge is 2.45. The number of hydrogen-bond acceptors (Lipinski definition) is 2. The molecule has 0 amide bonds. The maximum atomic E-state index is 12.1. The Morgan fingerprint density at radius 2 is 1.88 bits per heavy atom. The number of hydrogen-bond donors (Lipinski definition) is 0. The van der Waals surface area contributed by atoms with Crippen molar-refractivity contribution in [2.75, 3.05) is 0 Å². The highest BCUT2D eigenvalue weighted by atomic mass is 16.1. The second-order valence-corrected chi connectivity index (χ2v) is 5.48. The summed E-state index contributed by atoms with van der Waals surface area (Å²) in [6.07, 6.45) is 6.60. The lowest BCUT2D eigenvalue weighted by Crippen LogP contribution is -2.42. The van der Waals surface area contributed by atoms with Gasteiger partial charge in [-0.15, -0.1) is 0 Å². The zero-order chi connectivity index (χ0) is 13.1. The Bertz CT molecular complexity index is 333. The van der Waals surface area contributed by atoms with E-state index < -0.39 is 5.92 Å². The summed E-state index contributed by atoms with van der Waals surface area (Å²) in [5.41, 5.74) is 1.03. The maximum absolute atomic E-state index is 12.1. The fraction of sp³-hybridized carbons (Fsp3) is 0.733. The molecule has 1 rings (SSSR count). The van der Waals surface area contributed by atoms with Gasteiger partial charge < -0.3 is 0 Å². The molecule has 0 spiro atoms. The number of carbonyl (C=O) groups excluding carboxylic acids is 2. The largest absolute Gasteiger partial charge is 0.299 e. The second kappa shape index (κ2) is 5.61. The summed E-state index contributed by atoms with van der Waals surface area (Å²) in [5, 5.41) is 0. The average molecular weight is 236 g/mol. The van der Waals surface area contributed by atoms with Crippen molar-refractivity contribution in [1.82, 2.24) is 0 Å². The molecular formula is C15H24O2. The molecule has 0 heterocycles. The molecule has 2 nitrogen and oxygen atoms in total. The number of carbonyl (C=O) groups is 2. The van der Waals surface area contributed by atoms with E-state index in [0.29, 0.717) is 0 Å². The van der Waals surface area contributed by atoms with Gasteiger partial charge in [-0.25, -0.2) is 0 Å². The van der Waals surface area contributed by atoms with Crippen LogP contribution in [0.25, 0.3) is 0 Å². The van der Waals surface area contributed by atoms with Gasteiger partial charge in [-0.3, -0.25) is 9.59 Å². The molecule has 0 aliphatic heterocycles. The normalized spacial score (nSPS) is 23.4. The van der Waals surface area contributed by atoms with Crippen LogP contribution >= 0.6 is 0 Å². The minimum Gasteiger partial charge on any atom is -0.299 e. The summed E-state index contributed by atoms with van der Waals surface area (Å²) in [6.45, 7) is 7.84. The minimum absolute atomic E-state index is 0.0307. The first kappa shape index (κ1) is 14.1.